The molecule has 0 aliphatic carbocycles. The molecule has 174 valence electrons. The monoisotopic (exact) mass is 468 g/mol. The number of piperazine rings is 1. The lowest BCUT2D eigenvalue weighted by Crippen LogP contribution is -2.44. The molecule has 0 atom stereocenters. The minimum atomic E-state index is -0.496. The Morgan fingerprint density at radius 1 is 1.03 bits per heavy atom. The van der Waals surface area contributed by atoms with E-state index in [2.05, 4.69) is 43.6 Å². The highest BCUT2D eigenvalue weighted by Crippen LogP contribution is 2.34. The number of aryl methyl sites for hydroxylation is 3. The lowest BCUT2D eigenvalue weighted by Gasteiger charge is -2.34. The molecular weight excluding hydrogens is 440 g/mol. The number of halogens is 1. The van der Waals surface area contributed by atoms with Crippen molar-refractivity contribution in [3.05, 3.63) is 52.3 Å². The fourth-order valence-corrected chi connectivity index (χ4v) is 4.02. The maximum absolute atomic E-state index is 12.4. The zero-order chi connectivity index (χ0) is 23.7. The third-order valence-electron chi connectivity index (χ3n) is 5.94. The number of carbonyl (C=O) groups is 1. The number of nitrogens with two attached hydrogens (primary N) is 1. The van der Waals surface area contributed by atoms with Crippen molar-refractivity contribution in [2.45, 2.75) is 13.8 Å². The first-order valence-corrected chi connectivity index (χ1v) is 11.2. The van der Waals surface area contributed by atoms with Crippen LogP contribution >= 0.6 is 11.6 Å². The van der Waals surface area contributed by atoms with Gasteiger partial charge in [-0.05, 0) is 38.6 Å². The Morgan fingerprint density at radius 3 is 2.39 bits per heavy atom. The Kier molecular flexibility index (Phi) is 6.44. The fraction of sp³-hybridized carbons (Fsp3) is 0.348. The summed E-state index contributed by atoms with van der Waals surface area (Å²) in [7, 11) is 3.99. The first kappa shape index (κ1) is 22.9. The average molecular weight is 469 g/mol. The van der Waals surface area contributed by atoms with Crippen LogP contribution in [0.3, 0.4) is 0 Å². The quantitative estimate of drug-likeness (QED) is 0.509. The normalized spacial score (nSPS) is 14.4. The van der Waals surface area contributed by atoms with Gasteiger partial charge in [-0.25, -0.2) is 4.98 Å². The number of aromatic nitrogens is 3. The number of hydrogen-bond acceptors (Lipinski definition) is 7. The van der Waals surface area contributed by atoms with E-state index < -0.39 is 5.91 Å². The molecule has 1 aliphatic heterocycles. The zero-order valence-corrected chi connectivity index (χ0v) is 20.1. The predicted molar refractivity (Wildman–Crippen MR) is 133 cm³/mol. The van der Waals surface area contributed by atoms with Crippen molar-refractivity contribution in [3.63, 3.8) is 0 Å². The summed E-state index contributed by atoms with van der Waals surface area (Å²) < 4.78 is 1.78. The lowest BCUT2D eigenvalue weighted by molar-refractivity contribution is 0.100. The number of primary amides is 1. The van der Waals surface area contributed by atoms with Gasteiger partial charge in [0.2, 0.25) is 0 Å². The Hall–Kier alpha value is -3.30. The van der Waals surface area contributed by atoms with Crippen LogP contribution in [0.5, 0.6) is 0 Å². The van der Waals surface area contributed by atoms with E-state index >= 15 is 0 Å². The third-order valence-corrected chi connectivity index (χ3v) is 6.24. The molecule has 9 nitrogen and oxygen atoms in total. The van der Waals surface area contributed by atoms with Crippen LogP contribution in [0.1, 0.15) is 21.6 Å². The zero-order valence-electron chi connectivity index (χ0n) is 19.3. The van der Waals surface area contributed by atoms with Crippen molar-refractivity contribution in [3.8, 4) is 0 Å². The minimum Gasteiger partial charge on any atom is -0.369 e. The highest BCUT2D eigenvalue weighted by Gasteiger charge is 2.20. The number of anilines is 5. The Morgan fingerprint density at radius 2 is 1.76 bits per heavy atom. The molecule has 0 unspecified atom stereocenters. The molecule has 3 aromatic rings. The van der Waals surface area contributed by atoms with Crippen molar-refractivity contribution in [1.82, 2.24) is 19.7 Å². The maximum Gasteiger partial charge on any atom is 0.250 e. The minimum absolute atomic E-state index is 0.423. The second-order valence-corrected chi connectivity index (χ2v) is 8.84. The summed E-state index contributed by atoms with van der Waals surface area (Å²) in [5.74, 6) is 0.762. The molecular formula is C23H29ClN8O. The summed E-state index contributed by atoms with van der Waals surface area (Å²) in [5.41, 5.74) is 10.4. The van der Waals surface area contributed by atoms with Gasteiger partial charge in [0.05, 0.1) is 28.2 Å². The van der Waals surface area contributed by atoms with Crippen molar-refractivity contribution >= 4 is 46.2 Å². The number of carbonyl (C=O) groups excluding carboxylic acids is 1. The molecule has 1 aliphatic rings. The van der Waals surface area contributed by atoms with Gasteiger partial charge >= 0.3 is 0 Å². The molecule has 0 radical (unpaired) electrons. The Bertz CT molecular complexity index is 1160. The Balaban J connectivity index is 1.63. The average Bonchev–Trinajstić information content (AvgIpc) is 3.08. The van der Waals surface area contributed by atoms with Crippen LogP contribution in [0.15, 0.2) is 30.5 Å². The molecule has 4 rings (SSSR count). The molecule has 1 amide bonds. The van der Waals surface area contributed by atoms with Gasteiger partial charge in [-0.15, -0.1) is 0 Å². The Labute approximate surface area is 198 Å². The molecule has 3 heterocycles. The van der Waals surface area contributed by atoms with Crippen LogP contribution < -0.4 is 21.3 Å². The number of likely N-dealkylation sites (N-methyl/N-ethyl adjacent to an activating group) is 1. The van der Waals surface area contributed by atoms with Crippen molar-refractivity contribution in [1.29, 1.82) is 0 Å². The van der Waals surface area contributed by atoms with Crippen LogP contribution in [-0.2, 0) is 7.05 Å². The van der Waals surface area contributed by atoms with Crippen molar-refractivity contribution in [2.24, 2.45) is 12.8 Å². The van der Waals surface area contributed by atoms with E-state index in [9.17, 15) is 4.79 Å². The number of rotatable bonds is 6. The molecule has 0 saturated carbocycles. The molecule has 33 heavy (non-hydrogen) atoms. The van der Waals surface area contributed by atoms with Gasteiger partial charge in [0, 0.05) is 56.7 Å². The molecule has 10 heteroatoms. The molecule has 0 spiro atoms. The van der Waals surface area contributed by atoms with Crippen LogP contribution in [0, 0.1) is 13.8 Å². The summed E-state index contributed by atoms with van der Waals surface area (Å²) >= 11 is 6.43. The largest absolute Gasteiger partial charge is 0.369 e. The van der Waals surface area contributed by atoms with E-state index in [4.69, 9.17) is 17.3 Å². The second-order valence-electron chi connectivity index (χ2n) is 8.43. The van der Waals surface area contributed by atoms with Gasteiger partial charge in [0.1, 0.15) is 5.82 Å². The molecule has 4 N–H and O–H groups in total. The smallest absolute Gasteiger partial charge is 0.250 e. The van der Waals surface area contributed by atoms with Gasteiger partial charge < -0.3 is 26.2 Å². The van der Waals surface area contributed by atoms with Gasteiger partial charge in [-0.3, -0.25) is 9.48 Å². The van der Waals surface area contributed by atoms with E-state index in [1.165, 1.54) is 0 Å². The summed E-state index contributed by atoms with van der Waals surface area (Å²) in [6.45, 7) is 7.68. The summed E-state index contributed by atoms with van der Waals surface area (Å²) in [6, 6.07) is 7.64. The van der Waals surface area contributed by atoms with Gasteiger partial charge in [-0.2, -0.15) is 5.10 Å². The van der Waals surface area contributed by atoms with E-state index in [1.54, 1.807) is 16.9 Å². The topological polar surface area (TPSA) is 104 Å². The highest BCUT2D eigenvalue weighted by molar-refractivity contribution is 6.33. The third kappa shape index (κ3) is 5.04. The SMILES string of the molecule is Cc1cc(N2CCN(C)CC2)cc(C(N)=O)c1Nc1cc(Nc2cc(C)n(C)n2)ncc1Cl. The number of benzene rings is 1. The molecule has 0 bridgehead atoms. The lowest BCUT2D eigenvalue weighted by atomic mass is 10.0. The number of hydrogen-bond donors (Lipinski definition) is 3. The molecule has 1 saturated heterocycles. The number of nitrogens with one attached hydrogen (secondary N) is 2. The van der Waals surface area contributed by atoms with Crippen LogP contribution in [-0.4, -0.2) is 58.8 Å². The molecule has 2 aromatic heterocycles. The second kappa shape index (κ2) is 9.29. The first-order valence-electron chi connectivity index (χ1n) is 10.8. The number of amides is 1. The van der Waals surface area contributed by atoms with Crippen molar-refractivity contribution < 1.29 is 4.79 Å². The predicted octanol–water partition coefficient (Wildman–Crippen LogP) is 3.42. The number of pyridine rings is 1. The maximum atomic E-state index is 12.4. The van der Waals surface area contributed by atoms with Crippen LogP contribution in [0.25, 0.3) is 0 Å². The van der Waals surface area contributed by atoms with Crippen LogP contribution in [0.4, 0.5) is 28.7 Å². The highest BCUT2D eigenvalue weighted by atomic mass is 35.5. The summed E-state index contributed by atoms with van der Waals surface area (Å²) in [5, 5.41) is 11.3. The first-order chi connectivity index (χ1) is 15.7. The van der Waals surface area contributed by atoms with Gasteiger partial charge in [-0.1, -0.05) is 11.6 Å². The summed E-state index contributed by atoms with van der Waals surface area (Å²) in [4.78, 5) is 21.3. The van der Waals surface area contributed by atoms with Crippen molar-refractivity contribution in [2.75, 3.05) is 48.8 Å². The van der Waals surface area contributed by atoms with Gasteiger partial charge in [0.25, 0.3) is 5.91 Å². The molecule has 1 fully saturated rings. The molecule has 1 aromatic carbocycles. The van der Waals surface area contributed by atoms with E-state index in [0.717, 1.165) is 43.1 Å². The van der Waals surface area contributed by atoms with E-state index in [-0.39, 0.29) is 0 Å². The van der Waals surface area contributed by atoms with Crippen LogP contribution in [0.2, 0.25) is 5.02 Å². The van der Waals surface area contributed by atoms with E-state index in [0.29, 0.717) is 33.6 Å². The van der Waals surface area contributed by atoms with Gasteiger partial charge in [0.15, 0.2) is 5.82 Å². The standard InChI is InChI=1S/C23H29ClN8O/c1-14-9-16(32-7-5-30(3)6-8-32)11-17(23(25)33)22(14)27-19-12-20(26-13-18(19)24)28-21-10-15(2)31(4)29-21/h9-13H,5-8H2,1-4H3,(H2,25,33)(H2,26,27,28,29). The summed E-state index contributed by atoms with van der Waals surface area (Å²) in [6.07, 6.45) is 1.56. The fourth-order valence-electron chi connectivity index (χ4n) is 3.87. The van der Waals surface area contributed by atoms with E-state index in [1.807, 2.05) is 33.0 Å². The number of nitrogens with zero attached hydrogens (tertiary/aromatic N) is 5.